The molecule has 0 spiro atoms. The van der Waals surface area contributed by atoms with E-state index in [1.807, 2.05) is 13.0 Å². The van der Waals surface area contributed by atoms with Gasteiger partial charge < -0.3 is 0 Å². The highest BCUT2D eigenvalue weighted by Gasteiger charge is 2.00. The molecule has 0 N–H and O–H groups in total. The highest BCUT2D eigenvalue weighted by Crippen LogP contribution is 2.03. The number of carbonyl (C=O) groups is 1. The maximum absolute atomic E-state index is 10.3. The van der Waals surface area contributed by atoms with Gasteiger partial charge in [-0.2, -0.15) is 5.26 Å². The maximum atomic E-state index is 10.3. The van der Waals surface area contributed by atoms with Crippen molar-refractivity contribution in [3.05, 3.63) is 29.1 Å². The fourth-order valence-corrected chi connectivity index (χ4v) is 0.763. The second-order valence-corrected chi connectivity index (χ2v) is 2.18. The van der Waals surface area contributed by atoms with Crippen LogP contribution in [0.5, 0.6) is 0 Å². The molecule has 1 aromatic heterocycles. The second kappa shape index (κ2) is 2.93. The Kier molecular flexibility index (Phi) is 1.98. The summed E-state index contributed by atoms with van der Waals surface area (Å²) in [5, 5.41) is 8.53. The molecule has 1 heterocycles. The normalized spacial score (nSPS) is 8.73. The second-order valence-electron chi connectivity index (χ2n) is 2.18. The number of hydrogen-bond donors (Lipinski definition) is 0. The lowest BCUT2D eigenvalue weighted by Gasteiger charge is -1.94. The van der Waals surface area contributed by atoms with Crippen LogP contribution in [0.1, 0.15) is 21.6 Å². The van der Waals surface area contributed by atoms with Crippen molar-refractivity contribution in [3.63, 3.8) is 0 Å². The van der Waals surface area contributed by atoms with Crippen molar-refractivity contribution in [2.45, 2.75) is 6.92 Å². The minimum Gasteiger partial charge on any atom is -0.296 e. The predicted molar refractivity (Wildman–Crippen MR) is 39.1 cm³/mol. The lowest BCUT2D eigenvalue weighted by molar-refractivity contribution is 0.111. The van der Waals surface area contributed by atoms with Gasteiger partial charge in [0.15, 0.2) is 6.29 Å². The predicted octanol–water partition coefficient (Wildman–Crippen LogP) is 1.07. The molecule has 1 aromatic rings. The van der Waals surface area contributed by atoms with Crippen molar-refractivity contribution in [3.8, 4) is 6.07 Å². The Labute approximate surface area is 64.3 Å². The van der Waals surface area contributed by atoms with Crippen molar-refractivity contribution in [1.29, 1.82) is 5.26 Å². The zero-order chi connectivity index (χ0) is 8.27. The van der Waals surface area contributed by atoms with Crippen LogP contribution in [0, 0.1) is 18.3 Å². The van der Waals surface area contributed by atoms with Gasteiger partial charge in [-0.3, -0.25) is 9.78 Å². The molecule has 1 rings (SSSR count). The summed E-state index contributed by atoms with van der Waals surface area (Å²) in [7, 11) is 0. The number of nitriles is 1. The van der Waals surface area contributed by atoms with E-state index >= 15 is 0 Å². The molecule has 0 unspecified atom stereocenters. The summed E-state index contributed by atoms with van der Waals surface area (Å²) in [6.07, 6.45) is 2.14. The Bertz CT molecular complexity index is 325. The molecule has 0 aromatic carbocycles. The third-order valence-corrected chi connectivity index (χ3v) is 1.29. The van der Waals surface area contributed by atoms with Gasteiger partial charge in [0.1, 0.15) is 11.8 Å². The molecule has 0 saturated heterocycles. The van der Waals surface area contributed by atoms with Crippen molar-refractivity contribution in [2.24, 2.45) is 0 Å². The van der Waals surface area contributed by atoms with Gasteiger partial charge in [-0.05, 0) is 18.6 Å². The van der Waals surface area contributed by atoms with Gasteiger partial charge in [0.25, 0.3) is 0 Å². The molecular formula is C8H6N2O. The van der Waals surface area contributed by atoms with Crippen LogP contribution in [0.4, 0.5) is 0 Å². The summed E-state index contributed by atoms with van der Waals surface area (Å²) >= 11 is 0. The van der Waals surface area contributed by atoms with Crippen molar-refractivity contribution in [2.75, 3.05) is 0 Å². The fourth-order valence-electron chi connectivity index (χ4n) is 0.763. The quantitative estimate of drug-likeness (QED) is 0.557. The SMILES string of the molecule is Cc1cnc(C=O)c(C#N)c1. The first-order valence-electron chi connectivity index (χ1n) is 3.10. The highest BCUT2D eigenvalue weighted by atomic mass is 16.1. The van der Waals surface area contributed by atoms with Gasteiger partial charge in [0, 0.05) is 6.20 Å². The molecule has 0 radical (unpaired) electrons. The van der Waals surface area contributed by atoms with Gasteiger partial charge in [-0.25, -0.2) is 0 Å². The standard InChI is InChI=1S/C8H6N2O/c1-6-2-7(3-9)8(5-11)10-4-6/h2,4-5H,1H3. The lowest BCUT2D eigenvalue weighted by atomic mass is 10.2. The summed E-state index contributed by atoms with van der Waals surface area (Å²) in [5.41, 5.74) is 1.42. The third kappa shape index (κ3) is 1.41. The number of hydrogen-bond acceptors (Lipinski definition) is 3. The summed E-state index contributed by atoms with van der Waals surface area (Å²) in [6.45, 7) is 1.82. The number of pyridine rings is 1. The molecule has 0 saturated carbocycles. The van der Waals surface area contributed by atoms with Gasteiger partial charge in [-0.1, -0.05) is 0 Å². The zero-order valence-electron chi connectivity index (χ0n) is 6.03. The zero-order valence-corrected chi connectivity index (χ0v) is 6.03. The first-order chi connectivity index (χ1) is 5.27. The minimum atomic E-state index is 0.207. The molecule has 0 fully saturated rings. The van der Waals surface area contributed by atoms with E-state index in [9.17, 15) is 4.79 Å². The molecule has 11 heavy (non-hydrogen) atoms. The topological polar surface area (TPSA) is 53.8 Å². The molecule has 0 bridgehead atoms. The largest absolute Gasteiger partial charge is 0.296 e. The first kappa shape index (κ1) is 7.42. The average molecular weight is 146 g/mol. The number of aldehydes is 1. The van der Waals surface area contributed by atoms with E-state index in [0.717, 1.165) is 5.56 Å². The number of aromatic nitrogens is 1. The van der Waals surface area contributed by atoms with E-state index in [0.29, 0.717) is 11.8 Å². The monoisotopic (exact) mass is 146 g/mol. The van der Waals surface area contributed by atoms with E-state index in [1.165, 1.54) is 0 Å². The highest BCUT2D eigenvalue weighted by molar-refractivity contribution is 5.76. The van der Waals surface area contributed by atoms with E-state index in [4.69, 9.17) is 5.26 Å². The van der Waals surface area contributed by atoms with Gasteiger partial charge >= 0.3 is 0 Å². The van der Waals surface area contributed by atoms with Gasteiger partial charge in [-0.15, -0.1) is 0 Å². The van der Waals surface area contributed by atoms with Gasteiger partial charge in [0.2, 0.25) is 0 Å². The third-order valence-electron chi connectivity index (χ3n) is 1.29. The Morgan fingerprint density at radius 2 is 2.45 bits per heavy atom. The van der Waals surface area contributed by atoms with E-state index in [1.54, 1.807) is 12.3 Å². The fraction of sp³-hybridized carbons (Fsp3) is 0.125. The number of aryl methyl sites for hydroxylation is 1. The van der Waals surface area contributed by atoms with Crippen LogP contribution in [-0.2, 0) is 0 Å². The molecule has 0 atom stereocenters. The van der Waals surface area contributed by atoms with Crippen molar-refractivity contribution < 1.29 is 4.79 Å². The molecule has 0 amide bonds. The molecular weight excluding hydrogens is 140 g/mol. The smallest absolute Gasteiger partial charge is 0.169 e. The summed E-state index contributed by atoms with van der Waals surface area (Å²) in [6, 6.07) is 3.53. The molecule has 3 nitrogen and oxygen atoms in total. The number of carbonyl (C=O) groups excluding carboxylic acids is 1. The average Bonchev–Trinajstić information content (AvgIpc) is 2.04. The van der Waals surface area contributed by atoms with Crippen molar-refractivity contribution >= 4 is 6.29 Å². The first-order valence-corrected chi connectivity index (χ1v) is 3.10. The van der Waals surface area contributed by atoms with Crippen LogP contribution in [0.3, 0.4) is 0 Å². The Hall–Kier alpha value is -1.69. The van der Waals surface area contributed by atoms with Crippen LogP contribution in [0.15, 0.2) is 12.3 Å². The van der Waals surface area contributed by atoms with Gasteiger partial charge in [0.05, 0.1) is 5.56 Å². The summed E-state index contributed by atoms with van der Waals surface area (Å²) in [4.78, 5) is 14.1. The Morgan fingerprint density at radius 1 is 1.73 bits per heavy atom. The molecule has 3 heteroatoms. The summed E-state index contributed by atoms with van der Waals surface area (Å²) in [5.74, 6) is 0. The minimum absolute atomic E-state index is 0.207. The van der Waals surface area contributed by atoms with Crippen LogP contribution < -0.4 is 0 Å². The Morgan fingerprint density at radius 3 is 3.00 bits per heavy atom. The van der Waals surface area contributed by atoms with Crippen LogP contribution >= 0.6 is 0 Å². The van der Waals surface area contributed by atoms with Crippen LogP contribution in [0.2, 0.25) is 0 Å². The maximum Gasteiger partial charge on any atom is 0.169 e. The van der Waals surface area contributed by atoms with E-state index in [-0.39, 0.29) is 5.69 Å². The van der Waals surface area contributed by atoms with E-state index < -0.39 is 0 Å². The molecule has 0 aliphatic rings. The Balaban J connectivity index is 3.30. The molecule has 0 aliphatic carbocycles. The van der Waals surface area contributed by atoms with E-state index in [2.05, 4.69) is 4.98 Å². The van der Waals surface area contributed by atoms with Crippen molar-refractivity contribution in [1.82, 2.24) is 4.98 Å². The number of nitrogens with zero attached hydrogens (tertiary/aromatic N) is 2. The summed E-state index contributed by atoms with van der Waals surface area (Å²) < 4.78 is 0. The molecule has 54 valence electrons. The molecule has 0 aliphatic heterocycles. The number of rotatable bonds is 1. The lowest BCUT2D eigenvalue weighted by Crippen LogP contribution is -1.92. The van der Waals surface area contributed by atoms with Crippen LogP contribution in [0.25, 0.3) is 0 Å². The van der Waals surface area contributed by atoms with Crippen LogP contribution in [-0.4, -0.2) is 11.3 Å².